The van der Waals surface area contributed by atoms with Gasteiger partial charge in [-0.25, -0.2) is 0 Å². The van der Waals surface area contributed by atoms with E-state index in [0.29, 0.717) is 11.8 Å². The number of rotatable bonds is 8. The van der Waals surface area contributed by atoms with Crippen LogP contribution in [0, 0.1) is 17.8 Å². The van der Waals surface area contributed by atoms with Gasteiger partial charge in [0.2, 0.25) is 0 Å². The van der Waals surface area contributed by atoms with Gasteiger partial charge in [-0.05, 0) is 91.8 Å². The summed E-state index contributed by atoms with van der Waals surface area (Å²) in [6, 6.07) is 15.7. The minimum Gasteiger partial charge on any atom is -0.435 e. The summed E-state index contributed by atoms with van der Waals surface area (Å²) in [6.07, 6.45) is 14.1. The number of halogens is 2. The highest BCUT2D eigenvalue weighted by Crippen LogP contribution is 2.36. The van der Waals surface area contributed by atoms with Crippen LogP contribution in [0.25, 0.3) is 0 Å². The quantitative estimate of drug-likeness (QED) is 0.310. The largest absolute Gasteiger partial charge is 0.435 e. The Labute approximate surface area is 185 Å². The van der Waals surface area contributed by atoms with Crippen LogP contribution < -0.4 is 4.74 Å². The number of hydrogen-bond acceptors (Lipinski definition) is 1. The Hall–Kier alpha value is -2.60. The van der Waals surface area contributed by atoms with Crippen LogP contribution in [0.2, 0.25) is 0 Å². The highest BCUT2D eigenvalue weighted by Gasteiger charge is 2.20. The molecule has 0 amide bonds. The summed E-state index contributed by atoms with van der Waals surface area (Å²) in [5.41, 5.74) is 3.73. The Morgan fingerprint density at radius 3 is 2.32 bits per heavy atom. The molecule has 2 aromatic rings. The van der Waals surface area contributed by atoms with E-state index in [0.717, 1.165) is 5.56 Å². The highest BCUT2D eigenvalue weighted by molar-refractivity contribution is 5.40. The first-order valence-electron chi connectivity index (χ1n) is 11.5. The van der Waals surface area contributed by atoms with Crippen molar-refractivity contribution in [3.05, 3.63) is 77.4 Å². The number of aryl methyl sites for hydroxylation is 1. The van der Waals surface area contributed by atoms with Crippen molar-refractivity contribution in [1.29, 1.82) is 0 Å². The molecule has 1 saturated carbocycles. The molecular weight excluding hydrogens is 390 g/mol. The third kappa shape index (κ3) is 7.87. The van der Waals surface area contributed by atoms with Crippen LogP contribution in [0.3, 0.4) is 0 Å². The first-order valence-corrected chi connectivity index (χ1v) is 11.5. The van der Waals surface area contributed by atoms with Gasteiger partial charge in [0.1, 0.15) is 5.75 Å². The lowest BCUT2D eigenvalue weighted by atomic mass is 9.78. The number of ether oxygens (including phenoxy) is 1. The Morgan fingerprint density at radius 1 is 0.968 bits per heavy atom. The van der Waals surface area contributed by atoms with Gasteiger partial charge in [0.25, 0.3) is 0 Å². The molecule has 2 aromatic carbocycles. The second kappa shape index (κ2) is 12.3. The van der Waals surface area contributed by atoms with Gasteiger partial charge in [-0.1, -0.05) is 61.9 Å². The molecule has 1 aliphatic carbocycles. The average Bonchev–Trinajstić information content (AvgIpc) is 2.79. The van der Waals surface area contributed by atoms with Crippen molar-refractivity contribution in [3.63, 3.8) is 0 Å². The standard InChI is InChI=1S/C28H32F2O/c1-2-3-4-7-22-10-16-25(17-11-22)26-18-12-23(13-19-26)8-5-6-9-24-14-20-27(21-15-24)31-28(29)30/h5,8,10-11,14-17,20-21,23,26,28H,2-4,7,12-13,18-19H2,1H3/b8-5+. The molecule has 0 saturated heterocycles. The van der Waals surface area contributed by atoms with Crippen LogP contribution in [-0.4, -0.2) is 6.61 Å². The summed E-state index contributed by atoms with van der Waals surface area (Å²) in [5.74, 6) is 7.51. The summed E-state index contributed by atoms with van der Waals surface area (Å²) in [4.78, 5) is 0. The van der Waals surface area contributed by atoms with Crippen LogP contribution in [-0.2, 0) is 6.42 Å². The molecule has 0 radical (unpaired) electrons. The van der Waals surface area contributed by atoms with E-state index in [1.54, 1.807) is 12.1 Å². The Bertz CT molecular complexity index is 864. The van der Waals surface area contributed by atoms with Crippen molar-refractivity contribution >= 4 is 0 Å². The molecule has 0 unspecified atom stereocenters. The maximum Gasteiger partial charge on any atom is 0.387 e. The van der Waals surface area contributed by atoms with Gasteiger partial charge >= 0.3 is 6.61 Å². The van der Waals surface area contributed by atoms with Gasteiger partial charge in [-0.2, -0.15) is 8.78 Å². The van der Waals surface area contributed by atoms with Crippen LogP contribution in [0.1, 0.15) is 74.5 Å². The first kappa shape index (κ1) is 23.1. The lowest BCUT2D eigenvalue weighted by Gasteiger charge is -2.27. The van der Waals surface area contributed by atoms with E-state index in [1.165, 1.54) is 74.6 Å². The fourth-order valence-electron chi connectivity index (χ4n) is 4.21. The normalized spacial score (nSPS) is 18.7. The third-order valence-corrected chi connectivity index (χ3v) is 6.04. The maximum atomic E-state index is 12.2. The summed E-state index contributed by atoms with van der Waals surface area (Å²) in [6.45, 7) is -0.555. The fourth-order valence-corrected chi connectivity index (χ4v) is 4.21. The number of unbranched alkanes of at least 4 members (excludes halogenated alkanes) is 2. The molecule has 1 aliphatic rings. The smallest absolute Gasteiger partial charge is 0.387 e. The van der Waals surface area contributed by atoms with Crippen LogP contribution >= 0.6 is 0 Å². The molecule has 0 heterocycles. The molecule has 0 atom stereocenters. The highest BCUT2D eigenvalue weighted by atomic mass is 19.3. The minimum atomic E-state index is -2.80. The zero-order valence-corrected chi connectivity index (χ0v) is 18.3. The van der Waals surface area contributed by atoms with E-state index in [1.807, 2.05) is 6.08 Å². The molecule has 164 valence electrons. The zero-order chi connectivity index (χ0) is 21.9. The molecule has 0 spiro atoms. The van der Waals surface area contributed by atoms with E-state index in [2.05, 4.69) is 53.8 Å². The van der Waals surface area contributed by atoms with E-state index in [4.69, 9.17) is 0 Å². The van der Waals surface area contributed by atoms with Crippen LogP contribution in [0.15, 0.2) is 60.7 Å². The molecular formula is C28H32F2O. The Balaban J connectivity index is 1.43. The first-order chi connectivity index (χ1) is 15.1. The van der Waals surface area contributed by atoms with E-state index in [9.17, 15) is 8.78 Å². The summed E-state index contributed by atoms with van der Waals surface area (Å²) >= 11 is 0. The molecule has 31 heavy (non-hydrogen) atoms. The van der Waals surface area contributed by atoms with Crippen molar-refractivity contribution in [3.8, 4) is 17.6 Å². The molecule has 0 bridgehead atoms. The predicted molar refractivity (Wildman–Crippen MR) is 123 cm³/mol. The van der Waals surface area contributed by atoms with Gasteiger partial charge < -0.3 is 4.74 Å². The lowest BCUT2D eigenvalue weighted by molar-refractivity contribution is -0.0498. The van der Waals surface area contributed by atoms with Gasteiger partial charge in [0.15, 0.2) is 0 Å². The number of alkyl halides is 2. The number of allylic oxidation sites excluding steroid dienone is 2. The Morgan fingerprint density at radius 2 is 1.68 bits per heavy atom. The topological polar surface area (TPSA) is 9.23 Å². The van der Waals surface area contributed by atoms with E-state index >= 15 is 0 Å². The van der Waals surface area contributed by atoms with Crippen molar-refractivity contribution in [2.24, 2.45) is 5.92 Å². The van der Waals surface area contributed by atoms with Gasteiger partial charge in [-0.15, -0.1) is 0 Å². The SMILES string of the molecule is CCCCCc1ccc(C2CCC(/C=C/C#Cc3ccc(OC(F)F)cc3)CC2)cc1. The maximum absolute atomic E-state index is 12.2. The molecule has 3 heteroatoms. The summed E-state index contributed by atoms with van der Waals surface area (Å²) in [7, 11) is 0. The zero-order valence-electron chi connectivity index (χ0n) is 18.3. The molecule has 3 rings (SSSR count). The van der Waals surface area contributed by atoms with Crippen molar-refractivity contribution in [1.82, 2.24) is 0 Å². The van der Waals surface area contributed by atoms with Gasteiger partial charge in [0.05, 0.1) is 0 Å². The van der Waals surface area contributed by atoms with Crippen LogP contribution in [0.5, 0.6) is 5.75 Å². The van der Waals surface area contributed by atoms with Crippen molar-refractivity contribution < 1.29 is 13.5 Å². The minimum absolute atomic E-state index is 0.152. The van der Waals surface area contributed by atoms with Crippen molar-refractivity contribution in [2.75, 3.05) is 0 Å². The monoisotopic (exact) mass is 422 g/mol. The Kier molecular flexibility index (Phi) is 9.16. The third-order valence-electron chi connectivity index (χ3n) is 6.04. The van der Waals surface area contributed by atoms with Gasteiger partial charge in [0, 0.05) is 5.56 Å². The molecule has 0 N–H and O–H groups in total. The molecule has 0 aliphatic heterocycles. The van der Waals surface area contributed by atoms with E-state index < -0.39 is 6.61 Å². The second-order valence-electron chi connectivity index (χ2n) is 8.34. The van der Waals surface area contributed by atoms with Crippen molar-refractivity contribution in [2.45, 2.75) is 70.8 Å². The fraction of sp³-hybridized carbons (Fsp3) is 0.429. The van der Waals surface area contributed by atoms with Gasteiger partial charge in [-0.3, -0.25) is 0 Å². The van der Waals surface area contributed by atoms with Crippen LogP contribution in [0.4, 0.5) is 8.78 Å². The van der Waals surface area contributed by atoms with E-state index in [-0.39, 0.29) is 5.75 Å². The number of benzene rings is 2. The average molecular weight is 423 g/mol. The predicted octanol–water partition coefficient (Wildman–Crippen LogP) is 7.90. The second-order valence-corrected chi connectivity index (χ2v) is 8.34. The molecule has 0 aromatic heterocycles. The number of hydrogen-bond donors (Lipinski definition) is 0. The summed E-state index contributed by atoms with van der Waals surface area (Å²) in [5, 5.41) is 0. The lowest BCUT2D eigenvalue weighted by Crippen LogP contribution is -2.11. The summed E-state index contributed by atoms with van der Waals surface area (Å²) < 4.78 is 28.7. The molecule has 1 nitrogen and oxygen atoms in total. The molecule has 1 fully saturated rings.